The lowest BCUT2D eigenvalue weighted by atomic mass is 10.1. The second kappa shape index (κ2) is 6.53. The molecule has 0 unspecified atom stereocenters. The van der Waals surface area contributed by atoms with Gasteiger partial charge in [-0.15, -0.1) is 11.8 Å². The molecular formula is C13H15BrO. The monoisotopic (exact) mass is 266 g/mol. The number of halogens is 1. The van der Waals surface area contributed by atoms with E-state index >= 15 is 0 Å². The second-order valence-corrected chi connectivity index (χ2v) is 4.03. The van der Waals surface area contributed by atoms with E-state index in [2.05, 4.69) is 46.8 Å². The number of rotatable bonds is 3. The molecule has 1 aromatic rings. The van der Waals surface area contributed by atoms with Crippen molar-refractivity contribution in [2.24, 2.45) is 0 Å². The Morgan fingerprint density at radius 3 is 2.73 bits per heavy atom. The van der Waals surface area contributed by atoms with Crippen molar-refractivity contribution < 1.29 is 4.74 Å². The van der Waals surface area contributed by atoms with E-state index in [1.54, 1.807) is 7.11 Å². The van der Waals surface area contributed by atoms with Crippen LogP contribution < -0.4 is 4.74 Å². The van der Waals surface area contributed by atoms with Crippen LogP contribution in [-0.4, -0.2) is 7.11 Å². The van der Waals surface area contributed by atoms with E-state index in [4.69, 9.17) is 4.74 Å². The maximum atomic E-state index is 5.17. The van der Waals surface area contributed by atoms with E-state index in [1.165, 1.54) is 5.56 Å². The van der Waals surface area contributed by atoms with Crippen LogP contribution in [-0.2, 0) is 6.42 Å². The first-order valence-corrected chi connectivity index (χ1v) is 5.85. The molecule has 0 aliphatic carbocycles. The Kier molecular flexibility index (Phi) is 5.28. The molecule has 1 nitrogen and oxygen atoms in total. The standard InChI is InChI=1S/C13H15BrO/c1-3-4-5-6-7-11-8-9-13(15-2)12(14)10-11/h8-10H,3,6-7H2,1-2H3. The summed E-state index contributed by atoms with van der Waals surface area (Å²) in [6, 6.07) is 6.15. The molecule has 0 radical (unpaired) electrons. The molecular weight excluding hydrogens is 252 g/mol. The first-order chi connectivity index (χ1) is 7.27. The molecule has 0 heterocycles. The molecule has 0 amide bonds. The first-order valence-electron chi connectivity index (χ1n) is 5.06. The lowest BCUT2D eigenvalue weighted by molar-refractivity contribution is 0.412. The molecule has 0 aliphatic rings. The molecule has 0 fully saturated rings. The summed E-state index contributed by atoms with van der Waals surface area (Å²) in [7, 11) is 1.67. The number of methoxy groups -OCH3 is 1. The van der Waals surface area contributed by atoms with Crippen molar-refractivity contribution >= 4 is 15.9 Å². The molecule has 0 saturated heterocycles. The van der Waals surface area contributed by atoms with E-state index in [1.807, 2.05) is 6.07 Å². The van der Waals surface area contributed by atoms with Crippen molar-refractivity contribution in [3.05, 3.63) is 28.2 Å². The van der Waals surface area contributed by atoms with Crippen LogP contribution in [0.2, 0.25) is 0 Å². The molecule has 0 spiro atoms. The summed E-state index contributed by atoms with van der Waals surface area (Å²) in [5.41, 5.74) is 1.29. The van der Waals surface area contributed by atoms with Crippen LogP contribution in [0.1, 0.15) is 25.3 Å². The van der Waals surface area contributed by atoms with Crippen molar-refractivity contribution in [3.8, 4) is 17.6 Å². The number of hydrogen-bond donors (Lipinski definition) is 0. The molecule has 0 N–H and O–H groups in total. The van der Waals surface area contributed by atoms with Crippen LogP contribution in [0.3, 0.4) is 0 Å². The Labute approximate surface area is 100.0 Å². The third-order valence-corrected chi connectivity index (χ3v) is 2.68. The number of benzene rings is 1. The summed E-state index contributed by atoms with van der Waals surface area (Å²) in [5, 5.41) is 0. The molecule has 2 heteroatoms. The summed E-state index contributed by atoms with van der Waals surface area (Å²) in [5.74, 6) is 7.08. The lowest BCUT2D eigenvalue weighted by Crippen LogP contribution is -1.88. The lowest BCUT2D eigenvalue weighted by Gasteiger charge is -2.04. The van der Waals surface area contributed by atoms with Crippen LogP contribution >= 0.6 is 15.9 Å². The van der Waals surface area contributed by atoms with E-state index in [0.29, 0.717) is 0 Å². The zero-order valence-electron chi connectivity index (χ0n) is 9.14. The van der Waals surface area contributed by atoms with Gasteiger partial charge in [0.2, 0.25) is 0 Å². The third-order valence-electron chi connectivity index (χ3n) is 2.06. The first kappa shape index (κ1) is 12.1. The zero-order valence-corrected chi connectivity index (χ0v) is 10.7. The van der Waals surface area contributed by atoms with Gasteiger partial charge in [-0.3, -0.25) is 0 Å². The maximum absolute atomic E-state index is 5.17. The molecule has 0 atom stereocenters. The van der Waals surface area contributed by atoms with Crippen LogP contribution in [0.15, 0.2) is 22.7 Å². The SMILES string of the molecule is CCC#CCCc1ccc(OC)c(Br)c1. The van der Waals surface area contributed by atoms with Crippen molar-refractivity contribution in [2.75, 3.05) is 7.11 Å². The van der Waals surface area contributed by atoms with Crippen molar-refractivity contribution in [3.63, 3.8) is 0 Å². The van der Waals surface area contributed by atoms with Gasteiger partial charge in [-0.1, -0.05) is 13.0 Å². The van der Waals surface area contributed by atoms with Gasteiger partial charge in [0, 0.05) is 12.8 Å². The van der Waals surface area contributed by atoms with Crippen LogP contribution in [0.5, 0.6) is 5.75 Å². The maximum Gasteiger partial charge on any atom is 0.133 e. The van der Waals surface area contributed by atoms with Gasteiger partial charge in [-0.2, -0.15) is 0 Å². The topological polar surface area (TPSA) is 9.23 Å². The smallest absolute Gasteiger partial charge is 0.133 e. The molecule has 0 bridgehead atoms. The Hall–Kier alpha value is -0.940. The zero-order chi connectivity index (χ0) is 11.1. The van der Waals surface area contributed by atoms with Gasteiger partial charge in [-0.25, -0.2) is 0 Å². The summed E-state index contributed by atoms with van der Waals surface area (Å²) in [6.07, 6.45) is 2.86. The molecule has 1 rings (SSSR count). The van der Waals surface area contributed by atoms with Gasteiger partial charge in [0.1, 0.15) is 5.75 Å². The fourth-order valence-corrected chi connectivity index (χ4v) is 1.87. The fraction of sp³-hybridized carbons (Fsp3) is 0.385. The molecule has 80 valence electrons. The van der Waals surface area contributed by atoms with E-state index < -0.39 is 0 Å². The normalized spacial score (nSPS) is 9.27. The van der Waals surface area contributed by atoms with Gasteiger partial charge in [0.25, 0.3) is 0 Å². The molecule has 15 heavy (non-hydrogen) atoms. The van der Waals surface area contributed by atoms with Crippen molar-refractivity contribution in [1.82, 2.24) is 0 Å². The van der Waals surface area contributed by atoms with E-state index in [0.717, 1.165) is 29.5 Å². The Morgan fingerprint density at radius 2 is 2.13 bits per heavy atom. The Balaban J connectivity index is 2.59. The van der Waals surface area contributed by atoms with Crippen molar-refractivity contribution in [1.29, 1.82) is 0 Å². The second-order valence-electron chi connectivity index (χ2n) is 3.18. The highest BCUT2D eigenvalue weighted by Gasteiger charge is 2.00. The average Bonchev–Trinajstić information content (AvgIpc) is 2.25. The molecule has 0 saturated carbocycles. The Bertz CT molecular complexity index is 374. The van der Waals surface area contributed by atoms with Gasteiger partial charge in [-0.05, 0) is 40.0 Å². The summed E-state index contributed by atoms with van der Waals surface area (Å²) >= 11 is 3.47. The predicted molar refractivity (Wildman–Crippen MR) is 67.1 cm³/mol. The number of ether oxygens (including phenoxy) is 1. The van der Waals surface area contributed by atoms with Crippen molar-refractivity contribution in [2.45, 2.75) is 26.2 Å². The van der Waals surface area contributed by atoms with Gasteiger partial charge >= 0.3 is 0 Å². The summed E-state index contributed by atoms with van der Waals surface area (Å²) in [6.45, 7) is 2.07. The summed E-state index contributed by atoms with van der Waals surface area (Å²) in [4.78, 5) is 0. The minimum absolute atomic E-state index is 0.874. The quantitative estimate of drug-likeness (QED) is 0.757. The predicted octanol–water partition coefficient (Wildman–Crippen LogP) is 3.80. The average molecular weight is 267 g/mol. The van der Waals surface area contributed by atoms with Crippen LogP contribution in [0.4, 0.5) is 0 Å². The molecule has 0 aromatic heterocycles. The van der Waals surface area contributed by atoms with Crippen LogP contribution in [0.25, 0.3) is 0 Å². The van der Waals surface area contributed by atoms with Gasteiger partial charge < -0.3 is 4.74 Å². The van der Waals surface area contributed by atoms with Gasteiger partial charge in [0.05, 0.1) is 11.6 Å². The van der Waals surface area contributed by atoms with Gasteiger partial charge in [0.15, 0.2) is 0 Å². The van der Waals surface area contributed by atoms with Crippen LogP contribution in [0, 0.1) is 11.8 Å². The number of aryl methyl sites for hydroxylation is 1. The highest BCUT2D eigenvalue weighted by Crippen LogP contribution is 2.25. The Morgan fingerprint density at radius 1 is 1.33 bits per heavy atom. The molecule has 0 aliphatic heterocycles. The fourth-order valence-electron chi connectivity index (χ4n) is 1.29. The highest BCUT2D eigenvalue weighted by atomic mass is 79.9. The highest BCUT2D eigenvalue weighted by molar-refractivity contribution is 9.10. The molecule has 1 aromatic carbocycles. The largest absolute Gasteiger partial charge is 0.496 e. The minimum Gasteiger partial charge on any atom is -0.496 e. The minimum atomic E-state index is 0.874. The van der Waals surface area contributed by atoms with E-state index in [-0.39, 0.29) is 0 Å². The van der Waals surface area contributed by atoms with E-state index in [9.17, 15) is 0 Å². The number of hydrogen-bond acceptors (Lipinski definition) is 1. The summed E-state index contributed by atoms with van der Waals surface area (Å²) < 4.78 is 6.17. The third kappa shape index (κ3) is 3.97.